The van der Waals surface area contributed by atoms with Crippen LogP contribution in [-0.2, 0) is 16.0 Å². The lowest BCUT2D eigenvalue weighted by atomic mass is 10.1. The van der Waals surface area contributed by atoms with E-state index < -0.39 is 11.2 Å². The molecule has 0 radical (unpaired) electrons. The number of nitrogens with one attached hydrogen (secondary N) is 1. The standard InChI is InChI=1S/C18H23N5O4/c1-11-9-13-14(10-12(11)2)23(4-6-27-8-7-26-5-3-19)16-15(20-13)17(24)22-18(25)21-16/h9-10H,3-8,19H2,1-2H3,(H,22,24,25). The molecule has 144 valence electrons. The van der Waals surface area contributed by atoms with Crippen LogP contribution >= 0.6 is 0 Å². The predicted molar refractivity (Wildman–Crippen MR) is 101 cm³/mol. The lowest BCUT2D eigenvalue weighted by molar-refractivity contribution is 0.0480. The number of benzene rings is 1. The van der Waals surface area contributed by atoms with Gasteiger partial charge in [0.2, 0.25) is 0 Å². The Kier molecular flexibility index (Phi) is 5.94. The molecule has 1 aromatic carbocycles. The van der Waals surface area contributed by atoms with Crippen LogP contribution in [0.25, 0.3) is 22.6 Å². The maximum Gasteiger partial charge on any atom is 0.349 e. The summed E-state index contributed by atoms with van der Waals surface area (Å²) in [6.45, 7) is 6.64. The van der Waals surface area contributed by atoms with E-state index in [1.165, 1.54) is 0 Å². The first-order valence-corrected chi connectivity index (χ1v) is 8.78. The average Bonchev–Trinajstić information content (AvgIpc) is 2.62. The molecule has 0 aromatic heterocycles. The zero-order valence-electron chi connectivity index (χ0n) is 15.4. The number of aromatic nitrogens is 4. The Bertz CT molecular complexity index is 1030. The highest BCUT2D eigenvalue weighted by molar-refractivity contribution is 5.81. The molecule has 1 aromatic rings. The van der Waals surface area contributed by atoms with Gasteiger partial charge < -0.3 is 19.8 Å². The SMILES string of the molecule is Cc1cc2nc3c(=O)[nH]c(=O)nc-3n(CCOCCOCCN)c2cc1C. The van der Waals surface area contributed by atoms with E-state index in [1.807, 2.05) is 30.5 Å². The highest BCUT2D eigenvalue weighted by atomic mass is 16.5. The third-order valence-corrected chi connectivity index (χ3v) is 4.32. The Labute approximate surface area is 155 Å². The van der Waals surface area contributed by atoms with Crippen molar-refractivity contribution in [2.75, 3.05) is 33.0 Å². The van der Waals surface area contributed by atoms with Crippen molar-refractivity contribution in [1.29, 1.82) is 0 Å². The van der Waals surface area contributed by atoms with Gasteiger partial charge in [0.1, 0.15) is 0 Å². The molecule has 2 aliphatic heterocycles. The predicted octanol–water partition coefficient (Wildman–Crippen LogP) is 0.193. The maximum absolute atomic E-state index is 12.2. The van der Waals surface area contributed by atoms with E-state index in [-0.39, 0.29) is 11.5 Å². The van der Waals surface area contributed by atoms with E-state index in [1.54, 1.807) is 0 Å². The fraction of sp³-hybridized carbons (Fsp3) is 0.444. The molecular formula is C18H23N5O4. The highest BCUT2D eigenvalue weighted by Gasteiger charge is 2.19. The zero-order chi connectivity index (χ0) is 19.4. The number of aryl methyl sites for hydroxylation is 2. The van der Waals surface area contributed by atoms with Crippen LogP contribution in [0.2, 0.25) is 0 Å². The summed E-state index contributed by atoms with van der Waals surface area (Å²) in [5, 5.41) is 0. The Hall–Kier alpha value is -2.62. The van der Waals surface area contributed by atoms with E-state index in [9.17, 15) is 9.59 Å². The van der Waals surface area contributed by atoms with Crippen LogP contribution in [0, 0.1) is 13.8 Å². The Balaban J connectivity index is 1.96. The summed E-state index contributed by atoms with van der Waals surface area (Å²) in [5.74, 6) is 0.252. The fourth-order valence-electron chi connectivity index (χ4n) is 2.84. The molecule has 3 rings (SSSR count). The van der Waals surface area contributed by atoms with Crippen LogP contribution in [0.5, 0.6) is 0 Å². The van der Waals surface area contributed by atoms with Crippen molar-refractivity contribution in [2.24, 2.45) is 5.73 Å². The van der Waals surface area contributed by atoms with Crippen molar-refractivity contribution in [2.45, 2.75) is 20.4 Å². The molecule has 0 saturated carbocycles. The largest absolute Gasteiger partial charge is 0.378 e. The minimum absolute atomic E-state index is 0.136. The Morgan fingerprint density at radius 1 is 1.04 bits per heavy atom. The van der Waals surface area contributed by atoms with Gasteiger partial charge in [0.05, 0.1) is 37.5 Å². The van der Waals surface area contributed by atoms with Crippen LogP contribution in [0.15, 0.2) is 21.7 Å². The third-order valence-electron chi connectivity index (χ3n) is 4.32. The molecule has 9 nitrogen and oxygen atoms in total. The number of fused-ring (bicyclic) bond motifs is 2. The van der Waals surface area contributed by atoms with Gasteiger partial charge in [0, 0.05) is 13.1 Å². The first kappa shape index (κ1) is 19.2. The van der Waals surface area contributed by atoms with Crippen LogP contribution in [0.3, 0.4) is 0 Å². The topological polar surface area (TPSA) is 125 Å². The molecule has 0 bridgehead atoms. The minimum Gasteiger partial charge on any atom is -0.378 e. The molecule has 0 atom stereocenters. The molecule has 2 heterocycles. The number of hydrogen-bond acceptors (Lipinski definition) is 7. The van der Waals surface area contributed by atoms with Gasteiger partial charge in [-0.05, 0) is 37.1 Å². The van der Waals surface area contributed by atoms with E-state index in [0.717, 1.165) is 16.6 Å². The van der Waals surface area contributed by atoms with Gasteiger partial charge in [-0.3, -0.25) is 9.78 Å². The maximum atomic E-state index is 12.2. The molecule has 27 heavy (non-hydrogen) atoms. The smallest absolute Gasteiger partial charge is 0.349 e. The van der Waals surface area contributed by atoms with Gasteiger partial charge in [-0.25, -0.2) is 9.78 Å². The quantitative estimate of drug-likeness (QED) is 0.426. The molecule has 0 fully saturated rings. The van der Waals surface area contributed by atoms with Crippen molar-refractivity contribution in [1.82, 2.24) is 19.5 Å². The summed E-state index contributed by atoms with van der Waals surface area (Å²) in [6, 6.07) is 3.90. The number of nitrogens with zero attached hydrogens (tertiary/aromatic N) is 3. The number of H-pyrrole nitrogens is 1. The number of ether oxygens (including phenoxy) is 2. The van der Waals surface area contributed by atoms with Crippen molar-refractivity contribution >= 4 is 11.0 Å². The molecule has 9 heteroatoms. The second-order valence-corrected chi connectivity index (χ2v) is 6.25. The van der Waals surface area contributed by atoms with E-state index in [2.05, 4.69) is 15.0 Å². The summed E-state index contributed by atoms with van der Waals surface area (Å²) < 4.78 is 12.7. The highest BCUT2D eigenvalue weighted by Crippen LogP contribution is 2.23. The van der Waals surface area contributed by atoms with Gasteiger partial charge in [0.25, 0.3) is 5.56 Å². The average molecular weight is 373 g/mol. The first-order chi connectivity index (χ1) is 13.0. The monoisotopic (exact) mass is 373 g/mol. The lowest BCUT2D eigenvalue weighted by Crippen LogP contribution is -2.29. The van der Waals surface area contributed by atoms with Crippen LogP contribution < -0.4 is 17.0 Å². The van der Waals surface area contributed by atoms with Gasteiger partial charge in [0.15, 0.2) is 11.5 Å². The number of hydrogen-bond donors (Lipinski definition) is 2. The normalized spacial score (nSPS) is 11.5. The molecule has 0 amide bonds. The van der Waals surface area contributed by atoms with Crippen LogP contribution in [0.4, 0.5) is 0 Å². The summed E-state index contributed by atoms with van der Waals surface area (Å²) in [6.07, 6.45) is 0. The van der Waals surface area contributed by atoms with Gasteiger partial charge in [-0.1, -0.05) is 0 Å². The van der Waals surface area contributed by atoms with Crippen molar-refractivity contribution in [3.63, 3.8) is 0 Å². The van der Waals surface area contributed by atoms with E-state index in [4.69, 9.17) is 15.2 Å². The van der Waals surface area contributed by atoms with Crippen LogP contribution in [0.1, 0.15) is 11.1 Å². The van der Waals surface area contributed by atoms with Crippen LogP contribution in [-0.4, -0.2) is 52.5 Å². The Morgan fingerprint density at radius 3 is 2.48 bits per heavy atom. The number of rotatable bonds is 8. The molecule has 0 saturated heterocycles. The van der Waals surface area contributed by atoms with Crippen molar-refractivity contribution in [3.05, 3.63) is 44.1 Å². The zero-order valence-corrected chi connectivity index (χ0v) is 15.4. The first-order valence-electron chi connectivity index (χ1n) is 8.78. The van der Waals surface area contributed by atoms with E-state index >= 15 is 0 Å². The molecular weight excluding hydrogens is 350 g/mol. The molecule has 0 unspecified atom stereocenters. The third kappa shape index (κ3) is 4.21. The molecule has 3 N–H and O–H groups in total. The summed E-state index contributed by atoms with van der Waals surface area (Å²) in [4.78, 5) is 34.5. The summed E-state index contributed by atoms with van der Waals surface area (Å²) >= 11 is 0. The minimum atomic E-state index is -0.692. The van der Waals surface area contributed by atoms with Crippen molar-refractivity contribution < 1.29 is 9.47 Å². The molecule has 0 spiro atoms. The fourth-order valence-corrected chi connectivity index (χ4v) is 2.84. The second-order valence-electron chi connectivity index (χ2n) is 6.25. The van der Waals surface area contributed by atoms with Gasteiger partial charge >= 0.3 is 5.69 Å². The van der Waals surface area contributed by atoms with Gasteiger partial charge in [-0.15, -0.1) is 0 Å². The van der Waals surface area contributed by atoms with Gasteiger partial charge in [-0.2, -0.15) is 4.98 Å². The molecule has 0 aliphatic carbocycles. The number of nitrogens with two attached hydrogens (primary N) is 1. The number of aromatic amines is 1. The lowest BCUT2D eigenvalue weighted by Gasteiger charge is -2.17. The summed E-state index contributed by atoms with van der Waals surface area (Å²) in [7, 11) is 0. The molecule has 2 aliphatic rings. The summed E-state index contributed by atoms with van der Waals surface area (Å²) in [5.41, 5.74) is 7.88. The van der Waals surface area contributed by atoms with Crippen molar-refractivity contribution in [3.8, 4) is 11.5 Å². The second kappa shape index (κ2) is 8.38. The van der Waals surface area contributed by atoms with E-state index in [0.29, 0.717) is 45.0 Å². The Morgan fingerprint density at radius 2 is 1.74 bits per heavy atom.